The van der Waals surface area contributed by atoms with E-state index in [1.54, 1.807) is 29.6 Å². The van der Waals surface area contributed by atoms with Crippen LogP contribution in [-0.2, 0) is 4.79 Å². The van der Waals surface area contributed by atoms with Gasteiger partial charge in [-0.05, 0) is 29.0 Å². The number of thiophene rings is 2. The van der Waals surface area contributed by atoms with Crippen molar-refractivity contribution in [1.82, 2.24) is 19.9 Å². The zero-order valence-electron chi connectivity index (χ0n) is 15.9. The Kier molecular flexibility index (Phi) is 4.73. The Morgan fingerprint density at radius 3 is 2.21 bits per heavy atom. The second-order valence-corrected chi connectivity index (χ2v) is 8.80. The topological polar surface area (TPSA) is 62.2 Å². The fraction of sp³-hybridized carbons (Fsp3) is 0.238. The van der Waals surface area contributed by atoms with Gasteiger partial charge >= 0.3 is 0 Å². The van der Waals surface area contributed by atoms with Gasteiger partial charge in [0.2, 0.25) is 5.91 Å². The van der Waals surface area contributed by atoms with Crippen LogP contribution in [-0.4, -0.2) is 51.9 Å². The summed E-state index contributed by atoms with van der Waals surface area (Å²) in [7, 11) is 0. The normalized spacial score (nSPS) is 14.5. The zero-order valence-corrected chi connectivity index (χ0v) is 17.5. The first-order valence-corrected chi connectivity index (χ1v) is 11.2. The number of carbonyl (C=O) groups excluding carboxylic acids is 1. The van der Waals surface area contributed by atoms with Crippen LogP contribution < -0.4 is 4.90 Å². The first kappa shape index (κ1) is 18.2. The van der Waals surface area contributed by atoms with E-state index in [0.717, 1.165) is 58.5 Å². The highest BCUT2D eigenvalue weighted by molar-refractivity contribution is 7.14. The Balaban J connectivity index is 1.55. The second-order valence-electron chi connectivity index (χ2n) is 6.90. The lowest BCUT2D eigenvalue weighted by atomic mass is 10.2. The van der Waals surface area contributed by atoms with Crippen molar-refractivity contribution in [1.29, 1.82) is 0 Å². The van der Waals surface area contributed by atoms with Crippen LogP contribution in [0.15, 0.2) is 47.3 Å². The summed E-state index contributed by atoms with van der Waals surface area (Å²) in [5.74, 6) is 0.133. The summed E-state index contributed by atoms with van der Waals surface area (Å²) < 4.78 is 0. The molecule has 4 aromatic rings. The van der Waals surface area contributed by atoms with Crippen molar-refractivity contribution in [3.8, 4) is 21.1 Å². The number of anilines is 1. The van der Waals surface area contributed by atoms with Crippen LogP contribution in [0.4, 0.5) is 5.69 Å². The van der Waals surface area contributed by atoms with Gasteiger partial charge in [-0.3, -0.25) is 4.79 Å². The maximum Gasteiger partial charge on any atom is 0.219 e. The third-order valence-corrected chi connectivity index (χ3v) is 6.86. The molecule has 0 spiro atoms. The van der Waals surface area contributed by atoms with E-state index in [9.17, 15) is 4.79 Å². The summed E-state index contributed by atoms with van der Waals surface area (Å²) in [6.45, 7) is 4.68. The van der Waals surface area contributed by atoms with Gasteiger partial charge in [-0.2, -0.15) is 0 Å². The molecular weight excluding hydrogens is 402 g/mol. The van der Waals surface area contributed by atoms with Crippen LogP contribution in [0.5, 0.6) is 0 Å². The molecular formula is C21H19N5OS2. The maximum atomic E-state index is 11.6. The van der Waals surface area contributed by atoms with Gasteiger partial charge < -0.3 is 9.80 Å². The molecule has 0 aromatic carbocycles. The van der Waals surface area contributed by atoms with Crippen molar-refractivity contribution in [2.24, 2.45) is 0 Å². The monoisotopic (exact) mass is 421 g/mol. The van der Waals surface area contributed by atoms with E-state index in [0.29, 0.717) is 5.65 Å². The van der Waals surface area contributed by atoms with E-state index in [2.05, 4.69) is 38.8 Å². The summed E-state index contributed by atoms with van der Waals surface area (Å²) in [5.41, 5.74) is 4.25. The quantitative estimate of drug-likeness (QED) is 0.497. The predicted molar refractivity (Wildman–Crippen MR) is 118 cm³/mol. The molecule has 0 unspecified atom stereocenters. The molecule has 0 N–H and O–H groups in total. The molecule has 1 aliphatic rings. The largest absolute Gasteiger partial charge is 0.367 e. The molecule has 29 heavy (non-hydrogen) atoms. The third-order valence-electron chi connectivity index (χ3n) is 5.11. The number of carbonyl (C=O) groups is 1. The van der Waals surface area contributed by atoms with Crippen molar-refractivity contribution in [3.05, 3.63) is 47.3 Å². The van der Waals surface area contributed by atoms with Crippen LogP contribution in [0.1, 0.15) is 6.92 Å². The highest BCUT2D eigenvalue weighted by Crippen LogP contribution is 2.35. The van der Waals surface area contributed by atoms with E-state index >= 15 is 0 Å². The molecule has 0 saturated carbocycles. The van der Waals surface area contributed by atoms with Gasteiger partial charge in [0, 0.05) is 33.1 Å². The van der Waals surface area contributed by atoms with Gasteiger partial charge in [0.25, 0.3) is 0 Å². The Bertz CT molecular complexity index is 1150. The van der Waals surface area contributed by atoms with Crippen molar-refractivity contribution in [2.45, 2.75) is 6.92 Å². The molecule has 1 amide bonds. The number of rotatable bonds is 3. The SMILES string of the molecule is CC(=O)N1CCN(c2cnc3nc(-c4cccs4)c(-c4cccs4)nc3c2)CC1. The third kappa shape index (κ3) is 3.49. The van der Waals surface area contributed by atoms with Crippen LogP contribution in [0, 0.1) is 0 Å². The van der Waals surface area contributed by atoms with Gasteiger partial charge in [0.15, 0.2) is 5.65 Å². The molecule has 5 heterocycles. The molecule has 8 heteroatoms. The van der Waals surface area contributed by atoms with Gasteiger partial charge in [0.05, 0.1) is 21.6 Å². The highest BCUT2D eigenvalue weighted by atomic mass is 32.1. The fourth-order valence-electron chi connectivity index (χ4n) is 3.56. The number of hydrogen-bond donors (Lipinski definition) is 0. The van der Waals surface area contributed by atoms with E-state index in [1.165, 1.54) is 0 Å². The average Bonchev–Trinajstić information content (AvgIpc) is 3.46. The molecule has 6 nitrogen and oxygen atoms in total. The standard InChI is InChI=1S/C21H19N5OS2/c1-14(27)25-6-8-26(9-7-25)15-12-16-21(22-13-15)24-20(18-5-3-11-29-18)19(23-16)17-4-2-10-28-17/h2-5,10-13H,6-9H2,1H3. The molecule has 5 rings (SSSR count). The van der Waals surface area contributed by atoms with Crippen molar-refractivity contribution < 1.29 is 4.79 Å². The summed E-state index contributed by atoms with van der Waals surface area (Å²) in [4.78, 5) is 32.4. The van der Waals surface area contributed by atoms with Crippen molar-refractivity contribution in [2.75, 3.05) is 31.1 Å². The molecule has 146 valence electrons. The smallest absolute Gasteiger partial charge is 0.219 e. The molecule has 0 atom stereocenters. The minimum absolute atomic E-state index is 0.133. The number of pyridine rings is 1. The Morgan fingerprint density at radius 2 is 1.62 bits per heavy atom. The maximum absolute atomic E-state index is 11.6. The summed E-state index contributed by atoms with van der Waals surface area (Å²) in [6, 6.07) is 10.3. The van der Waals surface area contributed by atoms with E-state index in [4.69, 9.17) is 9.97 Å². The number of hydrogen-bond acceptors (Lipinski definition) is 7. The summed E-state index contributed by atoms with van der Waals surface area (Å²) >= 11 is 3.32. The molecule has 1 fully saturated rings. The number of amides is 1. The van der Waals surface area contributed by atoms with Crippen molar-refractivity contribution >= 4 is 45.4 Å². The lowest BCUT2D eigenvalue weighted by Gasteiger charge is -2.35. The average molecular weight is 422 g/mol. The molecule has 0 bridgehead atoms. The number of nitrogens with zero attached hydrogens (tertiary/aromatic N) is 5. The minimum Gasteiger partial charge on any atom is -0.367 e. The Labute approximate surface area is 176 Å². The predicted octanol–water partition coefficient (Wildman–Crippen LogP) is 4.15. The lowest BCUT2D eigenvalue weighted by Crippen LogP contribution is -2.48. The molecule has 0 aliphatic carbocycles. The van der Waals surface area contributed by atoms with Crippen LogP contribution in [0.25, 0.3) is 32.3 Å². The number of fused-ring (bicyclic) bond motifs is 1. The van der Waals surface area contributed by atoms with E-state index in [1.807, 2.05) is 23.2 Å². The Hall–Kier alpha value is -2.84. The van der Waals surface area contributed by atoms with Gasteiger partial charge in [-0.1, -0.05) is 12.1 Å². The number of piperazine rings is 1. The first-order chi connectivity index (χ1) is 14.2. The molecule has 4 aromatic heterocycles. The van der Waals surface area contributed by atoms with Gasteiger partial charge in [-0.15, -0.1) is 22.7 Å². The Morgan fingerprint density at radius 1 is 0.966 bits per heavy atom. The molecule has 0 radical (unpaired) electrons. The second kappa shape index (κ2) is 7.53. The van der Waals surface area contributed by atoms with Crippen LogP contribution in [0.3, 0.4) is 0 Å². The van der Waals surface area contributed by atoms with Crippen LogP contribution >= 0.6 is 22.7 Å². The summed E-state index contributed by atoms with van der Waals surface area (Å²) in [6.07, 6.45) is 1.86. The zero-order chi connectivity index (χ0) is 19.8. The summed E-state index contributed by atoms with van der Waals surface area (Å²) in [5, 5.41) is 4.11. The first-order valence-electron chi connectivity index (χ1n) is 9.45. The highest BCUT2D eigenvalue weighted by Gasteiger charge is 2.20. The molecule has 1 aliphatic heterocycles. The van der Waals surface area contributed by atoms with Gasteiger partial charge in [0.1, 0.15) is 16.9 Å². The minimum atomic E-state index is 0.133. The molecule has 1 saturated heterocycles. The van der Waals surface area contributed by atoms with Crippen molar-refractivity contribution in [3.63, 3.8) is 0 Å². The fourth-order valence-corrected chi connectivity index (χ4v) is 4.99. The van der Waals surface area contributed by atoms with E-state index < -0.39 is 0 Å². The van der Waals surface area contributed by atoms with Crippen LogP contribution in [0.2, 0.25) is 0 Å². The van der Waals surface area contributed by atoms with Gasteiger partial charge in [-0.25, -0.2) is 15.0 Å². The number of aromatic nitrogens is 3. The van der Waals surface area contributed by atoms with E-state index in [-0.39, 0.29) is 5.91 Å². The lowest BCUT2D eigenvalue weighted by molar-refractivity contribution is -0.129.